The summed E-state index contributed by atoms with van der Waals surface area (Å²) in [5.41, 5.74) is 1.03. The van der Waals surface area contributed by atoms with Crippen LogP contribution in [0.2, 0.25) is 0 Å². The van der Waals surface area contributed by atoms with E-state index in [0.29, 0.717) is 5.25 Å². The van der Waals surface area contributed by atoms with Crippen LogP contribution in [0.1, 0.15) is 32.3 Å². The first-order valence-electron chi connectivity index (χ1n) is 7.42. The highest BCUT2D eigenvalue weighted by Crippen LogP contribution is 2.30. The topological polar surface area (TPSA) is 24.4 Å². The minimum atomic E-state index is -0.163. The van der Waals surface area contributed by atoms with E-state index in [0.717, 1.165) is 36.2 Å². The SMILES string of the molecule is CCC(CC)C1CN=C(NCCc2cccc(F)c2)S1. The molecule has 0 bridgehead atoms. The van der Waals surface area contributed by atoms with Crippen LogP contribution >= 0.6 is 11.8 Å². The normalized spacial score (nSPS) is 18.4. The Balaban J connectivity index is 1.73. The molecule has 0 spiro atoms. The summed E-state index contributed by atoms with van der Waals surface area (Å²) in [6.07, 6.45) is 3.27. The van der Waals surface area contributed by atoms with Gasteiger partial charge in [0.1, 0.15) is 5.82 Å². The lowest BCUT2D eigenvalue weighted by Crippen LogP contribution is -2.23. The molecule has 1 aromatic rings. The van der Waals surface area contributed by atoms with Crippen molar-refractivity contribution >= 4 is 16.9 Å². The van der Waals surface area contributed by atoms with Crippen molar-refractivity contribution in [3.63, 3.8) is 0 Å². The van der Waals surface area contributed by atoms with Crippen LogP contribution in [0.3, 0.4) is 0 Å². The zero-order chi connectivity index (χ0) is 14.4. The van der Waals surface area contributed by atoms with Crippen molar-refractivity contribution in [2.75, 3.05) is 13.1 Å². The third kappa shape index (κ3) is 4.23. The van der Waals surface area contributed by atoms with Gasteiger partial charge in [0.2, 0.25) is 0 Å². The third-order valence-electron chi connectivity index (χ3n) is 3.83. The van der Waals surface area contributed by atoms with E-state index in [1.165, 1.54) is 18.9 Å². The number of halogens is 1. The lowest BCUT2D eigenvalue weighted by Gasteiger charge is -2.18. The van der Waals surface area contributed by atoms with E-state index in [-0.39, 0.29) is 5.82 Å². The van der Waals surface area contributed by atoms with E-state index in [4.69, 9.17) is 0 Å². The van der Waals surface area contributed by atoms with E-state index >= 15 is 0 Å². The van der Waals surface area contributed by atoms with Crippen LogP contribution in [0.4, 0.5) is 4.39 Å². The number of aliphatic imine (C=N–C) groups is 1. The number of hydrogen-bond donors (Lipinski definition) is 1. The van der Waals surface area contributed by atoms with Gasteiger partial charge in [-0.25, -0.2) is 4.39 Å². The summed E-state index contributed by atoms with van der Waals surface area (Å²) in [6.45, 7) is 6.25. The van der Waals surface area contributed by atoms with E-state index < -0.39 is 0 Å². The van der Waals surface area contributed by atoms with Gasteiger partial charge < -0.3 is 5.32 Å². The van der Waals surface area contributed by atoms with Crippen LogP contribution in [0, 0.1) is 11.7 Å². The zero-order valence-electron chi connectivity index (χ0n) is 12.2. The van der Waals surface area contributed by atoms with E-state index in [1.807, 2.05) is 17.8 Å². The maximum absolute atomic E-state index is 13.1. The molecule has 1 N–H and O–H groups in total. The number of benzene rings is 1. The second kappa shape index (κ2) is 7.67. The van der Waals surface area contributed by atoms with Gasteiger partial charge in [-0.1, -0.05) is 50.6 Å². The zero-order valence-corrected chi connectivity index (χ0v) is 13.0. The molecular formula is C16H23FN2S. The Labute approximate surface area is 125 Å². The van der Waals surface area contributed by atoms with Crippen molar-refractivity contribution in [2.24, 2.45) is 10.9 Å². The third-order valence-corrected chi connectivity index (χ3v) is 5.16. The number of amidine groups is 1. The molecular weight excluding hydrogens is 271 g/mol. The minimum absolute atomic E-state index is 0.163. The molecule has 1 heterocycles. The number of hydrogen-bond acceptors (Lipinski definition) is 3. The first-order chi connectivity index (χ1) is 9.72. The van der Waals surface area contributed by atoms with Crippen molar-refractivity contribution < 1.29 is 4.39 Å². The highest BCUT2D eigenvalue weighted by molar-refractivity contribution is 8.14. The van der Waals surface area contributed by atoms with Crippen LogP contribution in [0.25, 0.3) is 0 Å². The molecule has 2 rings (SSSR count). The molecule has 20 heavy (non-hydrogen) atoms. The van der Waals surface area contributed by atoms with Crippen LogP contribution in [0.5, 0.6) is 0 Å². The minimum Gasteiger partial charge on any atom is -0.365 e. The molecule has 0 amide bonds. The van der Waals surface area contributed by atoms with E-state index in [2.05, 4.69) is 24.2 Å². The number of nitrogens with zero attached hydrogens (tertiary/aromatic N) is 1. The summed E-state index contributed by atoms with van der Waals surface area (Å²) in [4.78, 5) is 4.58. The van der Waals surface area contributed by atoms with Crippen LogP contribution < -0.4 is 5.32 Å². The van der Waals surface area contributed by atoms with Crippen molar-refractivity contribution in [1.29, 1.82) is 0 Å². The molecule has 0 aliphatic carbocycles. The highest BCUT2D eigenvalue weighted by Gasteiger charge is 2.25. The molecule has 1 aliphatic rings. The summed E-state index contributed by atoms with van der Waals surface area (Å²) in [7, 11) is 0. The van der Waals surface area contributed by atoms with Gasteiger partial charge in [-0.3, -0.25) is 4.99 Å². The van der Waals surface area contributed by atoms with Crippen LogP contribution in [0.15, 0.2) is 29.3 Å². The summed E-state index contributed by atoms with van der Waals surface area (Å²) in [6, 6.07) is 6.79. The molecule has 0 fully saturated rings. The predicted molar refractivity (Wildman–Crippen MR) is 85.9 cm³/mol. The fourth-order valence-electron chi connectivity index (χ4n) is 2.55. The lowest BCUT2D eigenvalue weighted by atomic mass is 9.99. The number of nitrogens with one attached hydrogen (secondary N) is 1. The monoisotopic (exact) mass is 294 g/mol. The van der Waals surface area contributed by atoms with Gasteiger partial charge in [-0.05, 0) is 30.0 Å². The molecule has 110 valence electrons. The van der Waals surface area contributed by atoms with Gasteiger partial charge >= 0.3 is 0 Å². The Morgan fingerprint density at radius 3 is 2.90 bits per heavy atom. The average molecular weight is 294 g/mol. The van der Waals surface area contributed by atoms with Crippen molar-refractivity contribution in [1.82, 2.24) is 5.32 Å². The smallest absolute Gasteiger partial charge is 0.156 e. The first-order valence-corrected chi connectivity index (χ1v) is 8.30. The summed E-state index contributed by atoms with van der Waals surface area (Å²) < 4.78 is 13.1. The number of thioether (sulfide) groups is 1. The van der Waals surface area contributed by atoms with Gasteiger partial charge in [-0.15, -0.1) is 0 Å². The fourth-order valence-corrected chi connectivity index (χ4v) is 3.90. The molecule has 1 unspecified atom stereocenters. The maximum Gasteiger partial charge on any atom is 0.156 e. The maximum atomic E-state index is 13.1. The van der Waals surface area contributed by atoms with Crippen molar-refractivity contribution in [2.45, 2.75) is 38.4 Å². The first kappa shape index (κ1) is 15.4. The summed E-state index contributed by atoms with van der Waals surface area (Å²) in [5.74, 6) is 0.593. The molecule has 1 aromatic carbocycles. The molecule has 0 saturated heterocycles. The van der Waals surface area contributed by atoms with Gasteiger partial charge in [0.15, 0.2) is 5.17 Å². The molecule has 2 nitrogen and oxygen atoms in total. The Bertz CT molecular complexity index is 458. The fraction of sp³-hybridized carbons (Fsp3) is 0.562. The molecule has 1 aliphatic heterocycles. The standard InChI is InChI=1S/C16H23FN2S/c1-3-13(4-2)15-11-19-16(20-15)18-9-8-12-6-5-7-14(17)10-12/h5-7,10,13,15H,3-4,8-9,11H2,1-2H3,(H,18,19). The van der Waals surface area contributed by atoms with Gasteiger partial charge in [0.05, 0.1) is 6.54 Å². The Hall–Kier alpha value is -1.03. The molecule has 0 radical (unpaired) electrons. The Kier molecular flexibility index (Phi) is 5.89. The Morgan fingerprint density at radius 2 is 2.20 bits per heavy atom. The second-order valence-corrected chi connectivity index (χ2v) is 6.41. The largest absolute Gasteiger partial charge is 0.365 e. The Morgan fingerprint density at radius 1 is 1.40 bits per heavy atom. The summed E-state index contributed by atoms with van der Waals surface area (Å²) >= 11 is 1.87. The van der Waals surface area contributed by atoms with Gasteiger partial charge in [0, 0.05) is 11.8 Å². The second-order valence-electron chi connectivity index (χ2n) is 5.19. The highest BCUT2D eigenvalue weighted by atomic mass is 32.2. The van der Waals surface area contributed by atoms with E-state index in [1.54, 1.807) is 12.1 Å². The summed E-state index contributed by atoms with van der Waals surface area (Å²) in [5, 5.41) is 5.05. The van der Waals surface area contributed by atoms with Crippen molar-refractivity contribution in [3.8, 4) is 0 Å². The number of rotatable bonds is 6. The quantitative estimate of drug-likeness (QED) is 0.861. The van der Waals surface area contributed by atoms with Crippen LogP contribution in [-0.4, -0.2) is 23.5 Å². The molecule has 0 saturated carbocycles. The van der Waals surface area contributed by atoms with E-state index in [9.17, 15) is 4.39 Å². The molecule has 4 heteroatoms. The van der Waals surface area contributed by atoms with Gasteiger partial charge in [0.25, 0.3) is 0 Å². The van der Waals surface area contributed by atoms with Crippen molar-refractivity contribution in [3.05, 3.63) is 35.6 Å². The van der Waals surface area contributed by atoms with Gasteiger partial charge in [-0.2, -0.15) is 0 Å². The lowest BCUT2D eigenvalue weighted by molar-refractivity contribution is 0.479. The predicted octanol–water partition coefficient (Wildman–Crippen LogP) is 3.87. The average Bonchev–Trinajstić information content (AvgIpc) is 2.89. The van der Waals surface area contributed by atoms with Crippen LogP contribution in [-0.2, 0) is 6.42 Å². The molecule has 0 aromatic heterocycles. The molecule has 1 atom stereocenters.